The van der Waals surface area contributed by atoms with Gasteiger partial charge in [-0.1, -0.05) is 0 Å². The molecular weight excluding hydrogens is 139 g/mol. The van der Waals surface area contributed by atoms with E-state index in [0.29, 0.717) is 6.61 Å². The van der Waals surface area contributed by atoms with Crippen LogP contribution in [-0.2, 0) is 9.53 Å². The number of halogens is 1. The first kappa shape index (κ1) is 15.9. The van der Waals surface area contributed by atoms with Gasteiger partial charge in [0.2, 0.25) is 0 Å². The molecule has 0 unspecified atom stereocenters. The van der Waals surface area contributed by atoms with Crippen molar-refractivity contribution in [2.24, 2.45) is 0 Å². The van der Waals surface area contributed by atoms with Gasteiger partial charge in [-0.15, -0.1) is 0 Å². The number of hydrogen-bond donors (Lipinski definition) is 0. The van der Waals surface area contributed by atoms with Crippen molar-refractivity contribution < 1.29 is 17.1 Å². The van der Waals surface area contributed by atoms with Crippen LogP contribution in [0.1, 0.15) is 16.7 Å². The van der Waals surface area contributed by atoms with Gasteiger partial charge < -0.3 is 7.59 Å². The molecule has 0 spiro atoms. The van der Waals surface area contributed by atoms with E-state index >= 15 is 0 Å². The quantitative estimate of drug-likeness (QED) is 0.403. The Bertz CT molecular complexity index is 65.2. The third-order valence-corrected chi connectivity index (χ3v) is 0.348. The van der Waals surface area contributed by atoms with Gasteiger partial charge in [-0.25, -0.2) is 0 Å². The zero-order chi connectivity index (χ0) is 4.99. The SMILES string of the molecule is CCOC(C)=O.F.[Ca+2].[H-].[H-]. The molecule has 0 aliphatic heterocycles. The molecule has 2 nitrogen and oxygen atoms in total. The second-order valence-corrected chi connectivity index (χ2v) is 0.925. The van der Waals surface area contributed by atoms with E-state index in [1.165, 1.54) is 6.92 Å². The van der Waals surface area contributed by atoms with Gasteiger partial charge in [-0.3, -0.25) is 9.50 Å². The zero-order valence-electron chi connectivity index (χ0n) is 7.14. The minimum Gasteiger partial charge on any atom is -1.00 e. The van der Waals surface area contributed by atoms with Crippen LogP contribution in [0.5, 0.6) is 0 Å². The summed E-state index contributed by atoms with van der Waals surface area (Å²) in [7, 11) is 0. The molecule has 0 fully saturated rings. The molecule has 0 saturated carbocycles. The molecular formula is C4H11CaFO2. The van der Waals surface area contributed by atoms with E-state index in [0.717, 1.165) is 0 Å². The Balaban J connectivity index is -0.0000000208. The summed E-state index contributed by atoms with van der Waals surface area (Å²) in [5.41, 5.74) is 0. The van der Waals surface area contributed by atoms with Gasteiger partial charge in [-0.05, 0) is 6.92 Å². The van der Waals surface area contributed by atoms with Gasteiger partial charge in [0, 0.05) is 6.92 Å². The van der Waals surface area contributed by atoms with Gasteiger partial charge in [0.15, 0.2) is 0 Å². The maximum atomic E-state index is 9.82. The fourth-order valence-electron chi connectivity index (χ4n) is 0.203. The van der Waals surface area contributed by atoms with E-state index in [4.69, 9.17) is 0 Å². The number of rotatable bonds is 1. The van der Waals surface area contributed by atoms with Crippen molar-refractivity contribution >= 4 is 43.7 Å². The Kier molecular flexibility index (Phi) is 21.0. The van der Waals surface area contributed by atoms with Crippen LogP contribution in [0.25, 0.3) is 0 Å². The van der Waals surface area contributed by atoms with Crippen molar-refractivity contribution in [3.63, 3.8) is 0 Å². The van der Waals surface area contributed by atoms with Crippen molar-refractivity contribution in [2.75, 3.05) is 6.61 Å². The van der Waals surface area contributed by atoms with Crippen molar-refractivity contribution in [1.29, 1.82) is 0 Å². The van der Waals surface area contributed by atoms with E-state index in [2.05, 4.69) is 4.74 Å². The molecule has 8 heavy (non-hydrogen) atoms. The van der Waals surface area contributed by atoms with E-state index in [1.807, 2.05) is 0 Å². The molecule has 48 valence electrons. The van der Waals surface area contributed by atoms with Gasteiger partial charge in [0.1, 0.15) is 0 Å². The predicted molar refractivity (Wildman–Crippen MR) is 32.8 cm³/mol. The second kappa shape index (κ2) is 10.6. The molecule has 0 N–H and O–H groups in total. The van der Waals surface area contributed by atoms with Crippen LogP contribution in [0.15, 0.2) is 0 Å². The Labute approximate surface area is 80.9 Å². The Morgan fingerprint density at radius 1 is 1.75 bits per heavy atom. The van der Waals surface area contributed by atoms with E-state index < -0.39 is 0 Å². The van der Waals surface area contributed by atoms with Crippen molar-refractivity contribution in [1.82, 2.24) is 0 Å². The van der Waals surface area contributed by atoms with Crippen LogP contribution in [0.2, 0.25) is 0 Å². The maximum Gasteiger partial charge on any atom is 2.00 e. The normalized spacial score (nSPS) is 5.75. The number of carbonyl (C=O) groups excluding carboxylic acids is 1. The Morgan fingerprint density at radius 2 is 2.12 bits per heavy atom. The summed E-state index contributed by atoms with van der Waals surface area (Å²) in [5, 5.41) is 0. The van der Waals surface area contributed by atoms with E-state index in [1.54, 1.807) is 6.92 Å². The van der Waals surface area contributed by atoms with Crippen molar-refractivity contribution in [2.45, 2.75) is 13.8 Å². The Morgan fingerprint density at radius 3 is 2.12 bits per heavy atom. The first-order valence-corrected chi connectivity index (χ1v) is 1.90. The van der Waals surface area contributed by atoms with Crippen LogP contribution in [0, 0.1) is 0 Å². The molecule has 0 aromatic rings. The second-order valence-electron chi connectivity index (χ2n) is 0.925. The molecule has 0 aromatic heterocycles. The summed E-state index contributed by atoms with van der Waals surface area (Å²) < 4.78 is 4.40. The zero-order valence-corrected chi connectivity index (χ0v) is 7.35. The summed E-state index contributed by atoms with van der Waals surface area (Å²) in [6, 6.07) is 0. The van der Waals surface area contributed by atoms with Crippen molar-refractivity contribution in [3.8, 4) is 0 Å². The first-order valence-electron chi connectivity index (χ1n) is 1.90. The first-order chi connectivity index (χ1) is 2.77. The standard InChI is InChI=1S/C4H8O2.Ca.FH.2H/c1-3-6-4(2)5;;;;/h3H2,1-2H3;;1H;;/q;+2;;2*-1. The largest absolute Gasteiger partial charge is 2.00 e. The average molecular weight is 150 g/mol. The third-order valence-electron chi connectivity index (χ3n) is 0.348. The van der Waals surface area contributed by atoms with Crippen LogP contribution in [-0.4, -0.2) is 50.3 Å². The molecule has 0 heterocycles. The molecule has 0 aliphatic carbocycles. The minimum absolute atomic E-state index is 0. The fraction of sp³-hybridized carbons (Fsp3) is 0.750. The molecule has 0 rings (SSSR count). The molecule has 0 bridgehead atoms. The maximum absolute atomic E-state index is 9.82. The number of hydrogen-bond acceptors (Lipinski definition) is 2. The molecule has 0 atom stereocenters. The van der Waals surface area contributed by atoms with E-state index in [-0.39, 0.29) is 51.3 Å². The topological polar surface area (TPSA) is 26.3 Å². The van der Waals surface area contributed by atoms with Gasteiger partial charge in [0.25, 0.3) is 0 Å². The molecule has 0 amide bonds. The molecule has 0 aromatic carbocycles. The number of ether oxygens (including phenoxy) is 1. The minimum atomic E-state index is -0.211. The van der Waals surface area contributed by atoms with Gasteiger partial charge in [-0.2, -0.15) is 0 Å². The summed E-state index contributed by atoms with van der Waals surface area (Å²) in [5.74, 6) is -0.211. The number of carbonyl (C=O) groups is 1. The molecule has 0 saturated heterocycles. The van der Waals surface area contributed by atoms with Crippen molar-refractivity contribution in [3.05, 3.63) is 0 Å². The van der Waals surface area contributed by atoms with E-state index in [9.17, 15) is 4.79 Å². The van der Waals surface area contributed by atoms with Crippen LogP contribution >= 0.6 is 0 Å². The number of esters is 1. The molecule has 4 heteroatoms. The molecule has 0 radical (unpaired) electrons. The Hall–Kier alpha value is 0.660. The smallest absolute Gasteiger partial charge is 1.00 e. The fourth-order valence-corrected chi connectivity index (χ4v) is 0.203. The summed E-state index contributed by atoms with van der Waals surface area (Å²) in [4.78, 5) is 9.82. The average Bonchev–Trinajstić information content (AvgIpc) is 1.35. The summed E-state index contributed by atoms with van der Waals surface area (Å²) in [6.07, 6.45) is 0. The summed E-state index contributed by atoms with van der Waals surface area (Å²) in [6.45, 7) is 3.65. The third kappa shape index (κ3) is 15.9. The van der Waals surface area contributed by atoms with Crippen LogP contribution in [0.3, 0.4) is 0 Å². The monoisotopic (exact) mass is 150 g/mol. The van der Waals surface area contributed by atoms with Gasteiger partial charge in [0.05, 0.1) is 6.61 Å². The summed E-state index contributed by atoms with van der Waals surface area (Å²) >= 11 is 0. The molecule has 0 aliphatic rings. The van der Waals surface area contributed by atoms with Crippen LogP contribution < -0.4 is 0 Å². The van der Waals surface area contributed by atoms with Crippen LogP contribution in [0.4, 0.5) is 4.70 Å². The van der Waals surface area contributed by atoms with Gasteiger partial charge >= 0.3 is 43.7 Å². The predicted octanol–water partition coefficient (Wildman–Crippen LogP) is 0.566.